The van der Waals surface area contributed by atoms with Crippen LogP contribution in [0.5, 0.6) is 0 Å². The van der Waals surface area contributed by atoms with Crippen LogP contribution >= 0.6 is 0 Å². The van der Waals surface area contributed by atoms with E-state index in [0.717, 1.165) is 13.1 Å². The number of hydrogen-bond donors (Lipinski definition) is 0. The largest absolute Gasteiger partial charge is 0.466 e. The minimum absolute atomic E-state index is 0.0990. The summed E-state index contributed by atoms with van der Waals surface area (Å²) in [6, 6.07) is 0. The van der Waals surface area contributed by atoms with Crippen molar-refractivity contribution in [3.63, 3.8) is 0 Å². The highest BCUT2D eigenvalue weighted by Gasteiger charge is 2.05. The molecule has 3 nitrogen and oxygen atoms in total. The second-order valence-electron chi connectivity index (χ2n) is 3.71. The van der Waals surface area contributed by atoms with Gasteiger partial charge in [0, 0.05) is 13.1 Å². The SMILES string of the molecule is CCOC(=O)CCN(C)CC(C)C. The molecule has 0 bridgehead atoms. The van der Waals surface area contributed by atoms with Gasteiger partial charge in [-0.25, -0.2) is 0 Å². The molecule has 0 aliphatic rings. The molecule has 0 saturated heterocycles. The molecule has 0 aromatic carbocycles. The fourth-order valence-electron chi connectivity index (χ4n) is 1.23. The summed E-state index contributed by atoms with van der Waals surface area (Å²) in [5, 5.41) is 0. The van der Waals surface area contributed by atoms with E-state index in [9.17, 15) is 4.79 Å². The van der Waals surface area contributed by atoms with Gasteiger partial charge in [-0.1, -0.05) is 13.8 Å². The molecule has 0 aromatic heterocycles. The Labute approximate surface area is 81.1 Å². The summed E-state index contributed by atoms with van der Waals surface area (Å²) in [6.07, 6.45) is 0.497. The van der Waals surface area contributed by atoms with Gasteiger partial charge in [-0.2, -0.15) is 0 Å². The molecule has 78 valence electrons. The summed E-state index contributed by atoms with van der Waals surface area (Å²) in [5.74, 6) is 0.547. The molecule has 0 rings (SSSR count). The van der Waals surface area contributed by atoms with E-state index in [0.29, 0.717) is 18.9 Å². The summed E-state index contributed by atoms with van der Waals surface area (Å²) in [4.78, 5) is 13.1. The first-order valence-electron chi connectivity index (χ1n) is 4.90. The molecule has 13 heavy (non-hydrogen) atoms. The quantitative estimate of drug-likeness (QED) is 0.591. The first kappa shape index (κ1) is 12.4. The molecule has 0 saturated carbocycles. The van der Waals surface area contributed by atoms with Gasteiger partial charge in [0.1, 0.15) is 0 Å². The zero-order chi connectivity index (χ0) is 10.3. The van der Waals surface area contributed by atoms with Crippen molar-refractivity contribution in [2.75, 3.05) is 26.7 Å². The molecule has 0 heterocycles. The fourth-order valence-corrected chi connectivity index (χ4v) is 1.23. The lowest BCUT2D eigenvalue weighted by molar-refractivity contribution is -0.143. The van der Waals surface area contributed by atoms with Gasteiger partial charge < -0.3 is 9.64 Å². The summed E-state index contributed by atoms with van der Waals surface area (Å²) in [7, 11) is 2.03. The molecular weight excluding hydrogens is 166 g/mol. The van der Waals surface area contributed by atoms with Crippen LogP contribution in [0.4, 0.5) is 0 Å². The Morgan fingerprint density at radius 1 is 1.46 bits per heavy atom. The second-order valence-corrected chi connectivity index (χ2v) is 3.71. The molecule has 0 aliphatic carbocycles. The molecule has 0 spiro atoms. The first-order chi connectivity index (χ1) is 6.06. The number of rotatable bonds is 6. The lowest BCUT2D eigenvalue weighted by Crippen LogP contribution is -2.26. The van der Waals surface area contributed by atoms with Gasteiger partial charge in [0.05, 0.1) is 13.0 Å². The average molecular weight is 187 g/mol. The zero-order valence-electron chi connectivity index (χ0n) is 9.17. The Bertz CT molecular complexity index is 146. The summed E-state index contributed by atoms with van der Waals surface area (Å²) >= 11 is 0. The maximum Gasteiger partial charge on any atom is 0.307 e. The van der Waals surface area contributed by atoms with Crippen LogP contribution in [0, 0.1) is 5.92 Å². The molecule has 0 amide bonds. The fraction of sp³-hybridized carbons (Fsp3) is 0.900. The van der Waals surface area contributed by atoms with Crippen molar-refractivity contribution < 1.29 is 9.53 Å². The van der Waals surface area contributed by atoms with Crippen molar-refractivity contribution in [2.45, 2.75) is 27.2 Å². The van der Waals surface area contributed by atoms with Crippen molar-refractivity contribution >= 4 is 5.97 Å². The molecule has 0 aliphatic heterocycles. The number of nitrogens with zero attached hydrogens (tertiary/aromatic N) is 1. The molecule has 0 unspecified atom stereocenters. The second kappa shape index (κ2) is 6.89. The third-order valence-corrected chi connectivity index (χ3v) is 1.68. The van der Waals surface area contributed by atoms with Gasteiger partial charge >= 0.3 is 5.97 Å². The van der Waals surface area contributed by atoms with E-state index in [2.05, 4.69) is 18.7 Å². The van der Waals surface area contributed by atoms with Crippen LogP contribution in [0.25, 0.3) is 0 Å². The molecule has 0 atom stereocenters. The maximum absolute atomic E-state index is 11.0. The summed E-state index contributed by atoms with van der Waals surface area (Å²) in [5.41, 5.74) is 0. The third-order valence-electron chi connectivity index (χ3n) is 1.68. The van der Waals surface area contributed by atoms with Crippen LogP contribution in [0.2, 0.25) is 0 Å². The maximum atomic E-state index is 11.0. The van der Waals surface area contributed by atoms with E-state index < -0.39 is 0 Å². The van der Waals surface area contributed by atoms with Crippen LogP contribution in [0.15, 0.2) is 0 Å². The number of carbonyl (C=O) groups is 1. The molecular formula is C10H21NO2. The number of hydrogen-bond acceptors (Lipinski definition) is 3. The van der Waals surface area contributed by atoms with Gasteiger partial charge in [-0.15, -0.1) is 0 Å². The molecule has 0 radical (unpaired) electrons. The molecule has 3 heteroatoms. The van der Waals surface area contributed by atoms with Crippen molar-refractivity contribution in [3.05, 3.63) is 0 Å². The Morgan fingerprint density at radius 3 is 2.54 bits per heavy atom. The van der Waals surface area contributed by atoms with E-state index in [4.69, 9.17) is 4.74 Å². The van der Waals surface area contributed by atoms with E-state index in [-0.39, 0.29) is 5.97 Å². The molecule has 0 N–H and O–H groups in total. The standard InChI is InChI=1S/C10H21NO2/c1-5-13-10(12)6-7-11(4)8-9(2)3/h9H,5-8H2,1-4H3. The molecule has 0 aromatic rings. The minimum atomic E-state index is -0.0990. The van der Waals surface area contributed by atoms with Crippen LogP contribution in [0.1, 0.15) is 27.2 Å². The van der Waals surface area contributed by atoms with Crippen molar-refractivity contribution in [1.82, 2.24) is 4.90 Å². The van der Waals surface area contributed by atoms with E-state index >= 15 is 0 Å². The van der Waals surface area contributed by atoms with Gasteiger partial charge in [0.15, 0.2) is 0 Å². The topological polar surface area (TPSA) is 29.5 Å². The third kappa shape index (κ3) is 7.78. The van der Waals surface area contributed by atoms with Crippen LogP contribution in [-0.2, 0) is 9.53 Å². The Hall–Kier alpha value is -0.570. The first-order valence-corrected chi connectivity index (χ1v) is 4.90. The number of carbonyl (C=O) groups excluding carboxylic acids is 1. The average Bonchev–Trinajstić information content (AvgIpc) is 2.00. The van der Waals surface area contributed by atoms with E-state index in [1.165, 1.54) is 0 Å². The predicted octanol–water partition coefficient (Wildman–Crippen LogP) is 1.53. The number of esters is 1. The Balaban J connectivity index is 3.45. The Kier molecular flexibility index (Phi) is 6.59. The van der Waals surface area contributed by atoms with Gasteiger partial charge in [-0.3, -0.25) is 4.79 Å². The van der Waals surface area contributed by atoms with Crippen LogP contribution in [0.3, 0.4) is 0 Å². The highest BCUT2D eigenvalue weighted by atomic mass is 16.5. The Morgan fingerprint density at radius 2 is 2.08 bits per heavy atom. The van der Waals surface area contributed by atoms with Crippen LogP contribution in [-0.4, -0.2) is 37.6 Å². The highest BCUT2D eigenvalue weighted by Crippen LogP contribution is 1.97. The lowest BCUT2D eigenvalue weighted by Gasteiger charge is -2.17. The smallest absolute Gasteiger partial charge is 0.307 e. The van der Waals surface area contributed by atoms with E-state index in [1.807, 2.05) is 14.0 Å². The van der Waals surface area contributed by atoms with Crippen molar-refractivity contribution in [3.8, 4) is 0 Å². The van der Waals surface area contributed by atoms with Crippen molar-refractivity contribution in [1.29, 1.82) is 0 Å². The van der Waals surface area contributed by atoms with Gasteiger partial charge in [0.25, 0.3) is 0 Å². The predicted molar refractivity (Wildman–Crippen MR) is 53.6 cm³/mol. The number of ether oxygens (including phenoxy) is 1. The zero-order valence-corrected chi connectivity index (χ0v) is 9.17. The van der Waals surface area contributed by atoms with Crippen molar-refractivity contribution in [2.24, 2.45) is 5.92 Å². The van der Waals surface area contributed by atoms with E-state index in [1.54, 1.807) is 0 Å². The summed E-state index contributed by atoms with van der Waals surface area (Å²) in [6.45, 7) is 8.46. The minimum Gasteiger partial charge on any atom is -0.466 e. The normalized spacial score (nSPS) is 10.9. The lowest BCUT2D eigenvalue weighted by atomic mass is 10.2. The van der Waals surface area contributed by atoms with Crippen LogP contribution < -0.4 is 0 Å². The monoisotopic (exact) mass is 187 g/mol. The molecule has 0 fully saturated rings. The highest BCUT2D eigenvalue weighted by molar-refractivity contribution is 5.69. The summed E-state index contributed by atoms with van der Waals surface area (Å²) < 4.78 is 4.83. The van der Waals surface area contributed by atoms with Gasteiger partial charge in [0.2, 0.25) is 0 Å². The van der Waals surface area contributed by atoms with Gasteiger partial charge in [-0.05, 0) is 19.9 Å².